The lowest BCUT2D eigenvalue weighted by Gasteiger charge is -2.19. The highest BCUT2D eigenvalue weighted by Gasteiger charge is 2.12. The molecule has 0 aliphatic carbocycles. The summed E-state index contributed by atoms with van der Waals surface area (Å²) in [6.45, 7) is 9.09. The van der Waals surface area contributed by atoms with E-state index in [2.05, 4.69) is 44.9 Å². The number of thioether (sulfide) groups is 1. The van der Waals surface area contributed by atoms with Crippen LogP contribution in [0.25, 0.3) is 0 Å². The van der Waals surface area contributed by atoms with Crippen molar-refractivity contribution in [3.63, 3.8) is 0 Å². The van der Waals surface area contributed by atoms with E-state index in [9.17, 15) is 0 Å². The largest absolute Gasteiger partial charge is 0.125 e. The number of hydrogen-bond donors (Lipinski definition) is 0. The predicted molar refractivity (Wildman–Crippen MR) is 62.4 cm³/mol. The maximum absolute atomic E-state index is 2.30. The normalized spacial score (nSPS) is 17.7. The van der Waals surface area contributed by atoms with Gasteiger partial charge in [0.1, 0.15) is 0 Å². The van der Waals surface area contributed by atoms with Crippen molar-refractivity contribution in [3.05, 3.63) is 28.4 Å². The molecule has 0 aromatic heterocycles. The molecular formula is C12H19S. The highest BCUT2D eigenvalue weighted by atomic mass is 32.2. The number of allylic oxidation sites excluding steroid dienone is 2. The maximum Gasteiger partial charge on any atom is 0.0463 e. The van der Waals surface area contributed by atoms with E-state index in [4.69, 9.17) is 0 Å². The summed E-state index contributed by atoms with van der Waals surface area (Å²) in [6.07, 6.45) is 3.48. The topological polar surface area (TPSA) is 0 Å². The van der Waals surface area contributed by atoms with Crippen molar-refractivity contribution < 1.29 is 0 Å². The van der Waals surface area contributed by atoms with Crippen LogP contribution in [0, 0.1) is 17.6 Å². The second kappa shape index (κ2) is 4.90. The van der Waals surface area contributed by atoms with E-state index in [1.165, 1.54) is 17.6 Å². The van der Waals surface area contributed by atoms with Gasteiger partial charge < -0.3 is 0 Å². The van der Waals surface area contributed by atoms with Gasteiger partial charge in [0.15, 0.2) is 0 Å². The lowest BCUT2D eigenvalue weighted by Crippen LogP contribution is -2.02. The first-order chi connectivity index (χ1) is 6.11. The van der Waals surface area contributed by atoms with Crippen LogP contribution in [0.2, 0.25) is 0 Å². The van der Waals surface area contributed by atoms with Crippen molar-refractivity contribution >= 4 is 11.8 Å². The molecule has 1 aliphatic heterocycles. The van der Waals surface area contributed by atoms with E-state index in [0.29, 0.717) is 5.92 Å². The molecule has 0 aromatic carbocycles. The molecule has 0 spiro atoms. The predicted octanol–water partition coefficient (Wildman–Crippen LogP) is 4.41. The van der Waals surface area contributed by atoms with Gasteiger partial charge in [-0.1, -0.05) is 39.3 Å². The zero-order chi connectivity index (χ0) is 9.84. The molecule has 1 radical (unpaired) electrons. The highest BCUT2D eigenvalue weighted by Crippen LogP contribution is 2.33. The Morgan fingerprint density at radius 3 is 2.46 bits per heavy atom. The van der Waals surface area contributed by atoms with Crippen LogP contribution in [0.4, 0.5) is 0 Å². The van der Waals surface area contributed by atoms with Gasteiger partial charge in [-0.25, -0.2) is 0 Å². The zero-order valence-corrected chi connectivity index (χ0v) is 9.82. The zero-order valence-electron chi connectivity index (χ0n) is 9.00. The lowest BCUT2D eigenvalue weighted by molar-refractivity contribution is 0.636. The first-order valence-corrected chi connectivity index (χ1v) is 5.93. The minimum atomic E-state index is 0.655. The molecule has 0 bridgehead atoms. The standard InChI is InChI=1S/C12H19S/c1-9(2)7-11-8-13-6-5-12(11)10(3)4/h5-6,8-10H,7H2,1-4H3. The monoisotopic (exact) mass is 195 g/mol. The maximum atomic E-state index is 2.30. The van der Waals surface area contributed by atoms with Crippen molar-refractivity contribution in [1.29, 1.82) is 0 Å². The molecule has 1 aliphatic rings. The van der Waals surface area contributed by atoms with Crippen LogP contribution < -0.4 is 0 Å². The molecule has 1 heteroatoms. The van der Waals surface area contributed by atoms with E-state index in [0.717, 1.165) is 5.92 Å². The Balaban J connectivity index is 2.78. The van der Waals surface area contributed by atoms with E-state index < -0.39 is 0 Å². The van der Waals surface area contributed by atoms with E-state index in [1.54, 1.807) is 11.8 Å². The molecule has 0 saturated heterocycles. The Bertz CT molecular complexity index is 221. The van der Waals surface area contributed by atoms with Crippen molar-refractivity contribution in [2.24, 2.45) is 11.8 Å². The van der Waals surface area contributed by atoms with Crippen LogP contribution in [-0.2, 0) is 0 Å². The SMILES string of the molecule is CC(C)CC1=C(C(C)C)C=CS[CH]1. The van der Waals surface area contributed by atoms with Gasteiger partial charge in [0.25, 0.3) is 0 Å². The summed E-state index contributed by atoms with van der Waals surface area (Å²) in [5.74, 6) is 3.71. The molecule has 1 heterocycles. The molecular weight excluding hydrogens is 176 g/mol. The average molecular weight is 195 g/mol. The van der Waals surface area contributed by atoms with Gasteiger partial charge in [0.05, 0.1) is 0 Å². The smallest absolute Gasteiger partial charge is 0.0463 e. The van der Waals surface area contributed by atoms with E-state index in [1.807, 2.05) is 0 Å². The van der Waals surface area contributed by atoms with Crippen LogP contribution in [0.15, 0.2) is 22.6 Å². The average Bonchev–Trinajstić information content (AvgIpc) is 2.03. The van der Waals surface area contributed by atoms with E-state index >= 15 is 0 Å². The second-order valence-electron chi connectivity index (χ2n) is 4.29. The van der Waals surface area contributed by atoms with Gasteiger partial charge in [-0.05, 0) is 29.2 Å². The summed E-state index contributed by atoms with van der Waals surface area (Å²) >= 11 is 1.80. The molecule has 0 aromatic rings. The molecule has 0 fully saturated rings. The third-order valence-corrected chi connectivity index (χ3v) is 2.87. The fraction of sp³-hybridized carbons (Fsp3) is 0.583. The fourth-order valence-electron chi connectivity index (χ4n) is 1.58. The van der Waals surface area contributed by atoms with Gasteiger partial charge in [-0.15, -0.1) is 11.8 Å². The quantitative estimate of drug-likeness (QED) is 0.643. The first-order valence-electron chi connectivity index (χ1n) is 4.99. The Labute approximate surface area is 86.5 Å². The second-order valence-corrected chi connectivity index (χ2v) is 5.07. The third-order valence-electron chi connectivity index (χ3n) is 2.16. The summed E-state index contributed by atoms with van der Waals surface area (Å²) in [5.41, 5.74) is 3.06. The van der Waals surface area contributed by atoms with Gasteiger partial charge in [0, 0.05) is 5.75 Å². The van der Waals surface area contributed by atoms with Gasteiger partial charge in [-0.3, -0.25) is 0 Å². The summed E-state index contributed by atoms with van der Waals surface area (Å²) in [6, 6.07) is 0. The van der Waals surface area contributed by atoms with Gasteiger partial charge >= 0.3 is 0 Å². The van der Waals surface area contributed by atoms with Crippen molar-refractivity contribution in [2.75, 3.05) is 0 Å². The Hall–Kier alpha value is -0.170. The summed E-state index contributed by atoms with van der Waals surface area (Å²) < 4.78 is 0. The Morgan fingerprint density at radius 1 is 1.23 bits per heavy atom. The molecule has 0 N–H and O–H groups in total. The highest BCUT2D eigenvalue weighted by molar-refractivity contribution is 8.04. The van der Waals surface area contributed by atoms with Crippen molar-refractivity contribution in [3.8, 4) is 0 Å². The van der Waals surface area contributed by atoms with Crippen LogP contribution in [0.5, 0.6) is 0 Å². The summed E-state index contributed by atoms with van der Waals surface area (Å²) in [7, 11) is 0. The molecule has 1 rings (SSSR count). The Kier molecular flexibility index (Phi) is 4.11. The van der Waals surface area contributed by atoms with Gasteiger partial charge in [-0.2, -0.15) is 0 Å². The first kappa shape index (κ1) is 10.9. The van der Waals surface area contributed by atoms with Crippen LogP contribution in [0.1, 0.15) is 34.1 Å². The summed E-state index contributed by atoms with van der Waals surface area (Å²) in [5, 5.41) is 2.18. The fourth-order valence-corrected chi connectivity index (χ4v) is 2.28. The molecule has 0 nitrogen and oxygen atoms in total. The van der Waals surface area contributed by atoms with E-state index in [-0.39, 0.29) is 0 Å². The van der Waals surface area contributed by atoms with Gasteiger partial charge in [0.2, 0.25) is 0 Å². The van der Waals surface area contributed by atoms with Crippen LogP contribution >= 0.6 is 11.8 Å². The molecule has 13 heavy (non-hydrogen) atoms. The third kappa shape index (κ3) is 3.22. The lowest BCUT2D eigenvalue weighted by atomic mass is 9.92. The molecule has 0 atom stereocenters. The molecule has 0 saturated carbocycles. The minimum Gasteiger partial charge on any atom is -0.125 e. The molecule has 0 amide bonds. The van der Waals surface area contributed by atoms with Crippen LogP contribution in [0.3, 0.4) is 0 Å². The van der Waals surface area contributed by atoms with Crippen molar-refractivity contribution in [1.82, 2.24) is 0 Å². The molecule has 0 unspecified atom stereocenters. The number of hydrogen-bond acceptors (Lipinski definition) is 1. The minimum absolute atomic E-state index is 0.655. The van der Waals surface area contributed by atoms with Crippen molar-refractivity contribution in [2.45, 2.75) is 34.1 Å². The summed E-state index contributed by atoms with van der Waals surface area (Å²) in [4.78, 5) is 0. The molecule has 73 valence electrons. The van der Waals surface area contributed by atoms with Crippen LogP contribution in [-0.4, -0.2) is 0 Å². The number of rotatable bonds is 3. The Morgan fingerprint density at radius 2 is 1.92 bits per heavy atom.